The molecule has 1 heterocycles. The number of hydrogen-bond acceptors (Lipinski definition) is 3. The van der Waals surface area contributed by atoms with Gasteiger partial charge in [-0.3, -0.25) is 4.79 Å². The van der Waals surface area contributed by atoms with Gasteiger partial charge in [0.25, 0.3) is 0 Å². The third-order valence-electron chi connectivity index (χ3n) is 4.28. The largest absolute Gasteiger partial charge is 0.436 e. The quantitative estimate of drug-likeness (QED) is 0.720. The molecule has 2 aliphatic rings. The van der Waals surface area contributed by atoms with Crippen LogP contribution in [0.5, 0.6) is 0 Å². The lowest BCUT2D eigenvalue weighted by molar-refractivity contribution is -0.192. The van der Waals surface area contributed by atoms with Crippen molar-refractivity contribution in [3.05, 3.63) is 0 Å². The molecule has 104 valence electrons. The molecule has 0 bridgehead atoms. The van der Waals surface area contributed by atoms with Crippen molar-refractivity contribution in [1.82, 2.24) is 0 Å². The molecule has 0 aromatic carbocycles. The molecule has 0 amide bonds. The third-order valence-corrected chi connectivity index (χ3v) is 4.28. The van der Waals surface area contributed by atoms with Crippen LogP contribution in [0.25, 0.3) is 0 Å². The number of carbonyl (C=O) groups excluding carboxylic acids is 1. The van der Waals surface area contributed by atoms with Crippen LogP contribution in [0, 0.1) is 17.8 Å². The summed E-state index contributed by atoms with van der Waals surface area (Å²) < 4.78 is 11.0. The van der Waals surface area contributed by atoms with Gasteiger partial charge in [-0.1, -0.05) is 20.3 Å². The Balaban J connectivity index is 1.86. The van der Waals surface area contributed by atoms with E-state index < -0.39 is 0 Å². The molecule has 2 rings (SSSR count). The van der Waals surface area contributed by atoms with E-state index in [0.29, 0.717) is 11.8 Å². The number of ether oxygens (including phenoxy) is 2. The van der Waals surface area contributed by atoms with Gasteiger partial charge >= 0.3 is 5.97 Å². The van der Waals surface area contributed by atoms with E-state index in [2.05, 4.69) is 13.8 Å². The van der Waals surface area contributed by atoms with E-state index in [1.165, 1.54) is 6.42 Å². The molecule has 4 unspecified atom stereocenters. The molecule has 0 radical (unpaired) electrons. The summed E-state index contributed by atoms with van der Waals surface area (Å²) in [5, 5.41) is 0. The average Bonchev–Trinajstić information content (AvgIpc) is 2.72. The number of rotatable bonds is 4. The summed E-state index contributed by atoms with van der Waals surface area (Å²) in [6, 6.07) is 0. The van der Waals surface area contributed by atoms with E-state index in [-0.39, 0.29) is 18.2 Å². The minimum Gasteiger partial charge on any atom is -0.436 e. The van der Waals surface area contributed by atoms with Crippen molar-refractivity contribution in [3.8, 4) is 0 Å². The predicted molar refractivity (Wildman–Crippen MR) is 70.0 cm³/mol. The molecule has 0 N–H and O–H groups in total. The Hall–Kier alpha value is -0.570. The maximum atomic E-state index is 12.2. The monoisotopic (exact) mass is 254 g/mol. The van der Waals surface area contributed by atoms with E-state index in [4.69, 9.17) is 9.47 Å². The van der Waals surface area contributed by atoms with Crippen LogP contribution in [0.1, 0.15) is 58.8 Å². The van der Waals surface area contributed by atoms with Crippen molar-refractivity contribution >= 4 is 5.97 Å². The van der Waals surface area contributed by atoms with Crippen LogP contribution in [-0.2, 0) is 14.3 Å². The van der Waals surface area contributed by atoms with Crippen molar-refractivity contribution < 1.29 is 14.3 Å². The van der Waals surface area contributed by atoms with Crippen molar-refractivity contribution in [1.29, 1.82) is 0 Å². The SMILES string of the molecule is CCCC1CC(C)CC1C(=O)OC1CCCCO1. The van der Waals surface area contributed by atoms with E-state index in [1.54, 1.807) is 0 Å². The zero-order valence-electron chi connectivity index (χ0n) is 11.7. The summed E-state index contributed by atoms with van der Waals surface area (Å²) in [6.45, 7) is 5.17. The third kappa shape index (κ3) is 3.47. The second-order valence-corrected chi connectivity index (χ2v) is 5.96. The molecule has 18 heavy (non-hydrogen) atoms. The fraction of sp³-hybridized carbons (Fsp3) is 0.933. The molecule has 1 saturated heterocycles. The molecule has 3 heteroatoms. The lowest BCUT2D eigenvalue weighted by atomic mass is 9.92. The molecule has 0 spiro atoms. The molecule has 2 fully saturated rings. The highest BCUT2D eigenvalue weighted by atomic mass is 16.7. The first-order valence-electron chi connectivity index (χ1n) is 7.52. The molecule has 1 aliphatic heterocycles. The van der Waals surface area contributed by atoms with Crippen LogP contribution in [0.4, 0.5) is 0 Å². The smallest absolute Gasteiger partial charge is 0.311 e. The van der Waals surface area contributed by atoms with Gasteiger partial charge in [0.15, 0.2) is 0 Å². The van der Waals surface area contributed by atoms with Gasteiger partial charge in [0.1, 0.15) is 0 Å². The van der Waals surface area contributed by atoms with E-state index >= 15 is 0 Å². The first kappa shape index (κ1) is 13.9. The van der Waals surface area contributed by atoms with Crippen molar-refractivity contribution in [2.45, 2.75) is 65.1 Å². The number of carbonyl (C=O) groups is 1. The minimum absolute atomic E-state index is 0.00954. The molecule has 0 aromatic heterocycles. The van der Waals surface area contributed by atoms with E-state index in [1.807, 2.05) is 0 Å². The van der Waals surface area contributed by atoms with Gasteiger partial charge < -0.3 is 9.47 Å². The highest BCUT2D eigenvalue weighted by molar-refractivity contribution is 5.73. The fourth-order valence-corrected chi connectivity index (χ4v) is 3.40. The predicted octanol–water partition coefficient (Wildman–Crippen LogP) is 3.52. The van der Waals surface area contributed by atoms with Crippen LogP contribution in [-0.4, -0.2) is 18.9 Å². The number of hydrogen-bond donors (Lipinski definition) is 0. The highest BCUT2D eigenvalue weighted by Crippen LogP contribution is 2.39. The van der Waals surface area contributed by atoms with Crippen LogP contribution >= 0.6 is 0 Å². The molecule has 4 atom stereocenters. The zero-order chi connectivity index (χ0) is 13.0. The Bertz CT molecular complexity index is 271. The standard InChI is InChI=1S/C15H26O3/c1-3-6-12-9-11(2)10-13(12)15(16)18-14-7-4-5-8-17-14/h11-14H,3-10H2,1-2H3. The molecule has 1 aliphatic carbocycles. The van der Waals surface area contributed by atoms with Gasteiger partial charge in [-0.25, -0.2) is 0 Å². The summed E-state index contributed by atoms with van der Waals surface area (Å²) in [6.07, 6.45) is 7.27. The zero-order valence-corrected chi connectivity index (χ0v) is 11.7. The van der Waals surface area contributed by atoms with Gasteiger partial charge in [-0.05, 0) is 43.9 Å². The lowest BCUT2D eigenvalue weighted by Crippen LogP contribution is -2.30. The minimum atomic E-state index is -0.274. The molecule has 1 saturated carbocycles. The van der Waals surface area contributed by atoms with Crippen LogP contribution in [0.3, 0.4) is 0 Å². The maximum Gasteiger partial charge on any atom is 0.311 e. The summed E-state index contributed by atoms with van der Waals surface area (Å²) in [7, 11) is 0. The second-order valence-electron chi connectivity index (χ2n) is 5.96. The Morgan fingerprint density at radius 1 is 1.33 bits per heavy atom. The summed E-state index contributed by atoms with van der Waals surface area (Å²) >= 11 is 0. The maximum absolute atomic E-state index is 12.2. The summed E-state index contributed by atoms with van der Waals surface area (Å²) in [5.74, 6) is 1.29. The first-order valence-corrected chi connectivity index (χ1v) is 7.52. The molecular formula is C15H26O3. The normalized spacial score (nSPS) is 36.6. The van der Waals surface area contributed by atoms with Crippen LogP contribution in [0.2, 0.25) is 0 Å². The fourth-order valence-electron chi connectivity index (χ4n) is 3.40. The molecule has 3 nitrogen and oxygen atoms in total. The molecule has 0 aromatic rings. The van der Waals surface area contributed by atoms with E-state index in [9.17, 15) is 4.79 Å². The average molecular weight is 254 g/mol. The summed E-state index contributed by atoms with van der Waals surface area (Å²) in [5.41, 5.74) is 0. The van der Waals surface area contributed by atoms with Crippen molar-refractivity contribution in [2.75, 3.05) is 6.61 Å². The van der Waals surface area contributed by atoms with E-state index in [0.717, 1.165) is 45.1 Å². The Morgan fingerprint density at radius 3 is 2.83 bits per heavy atom. The molecular weight excluding hydrogens is 228 g/mol. The topological polar surface area (TPSA) is 35.5 Å². The van der Waals surface area contributed by atoms with Gasteiger partial charge in [-0.15, -0.1) is 0 Å². The highest BCUT2D eigenvalue weighted by Gasteiger charge is 2.38. The number of esters is 1. The van der Waals surface area contributed by atoms with Crippen molar-refractivity contribution in [2.24, 2.45) is 17.8 Å². The Morgan fingerprint density at radius 2 is 2.17 bits per heavy atom. The second kappa shape index (κ2) is 6.55. The lowest BCUT2D eigenvalue weighted by Gasteiger charge is -2.25. The van der Waals surface area contributed by atoms with Gasteiger partial charge in [0, 0.05) is 6.42 Å². The van der Waals surface area contributed by atoms with Crippen LogP contribution < -0.4 is 0 Å². The first-order chi connectivity index (χ1) is 8.70. The van der Waals surface area contributed by atoms with Gasteiger partial charge in [0.05, 0.1) is 12.5 Å². The Labute approximate surface area is 110 Å². The van der Waals surface area contributed by atoms with Gasteiger partial charge in [-0.2, -0.15) is 0 Å². The van der Waals surface area contributed by atoms with Crippen LogP contribution in [0.15, 0.2) is 0 Å². The Kier molecular flexibility index (Phi) is 5.04. The summed E-state index contributed by atoms with van der Waals surface area (Å²) in [4.78, 5) is 12.2. The van der Waals surface area contributed by atoms with Crippen molar-refractivity contribution in [3.63, 3.8) is 0 Å². The van der Waals surface area contributed by atoms with Gasteiger partial charge in [0.2, 0.25) is 6.29 Å².